The summed E-state index contributed by atoms with van der Waals surface area (Å²) in [7, 11) is 0. The first kappa shape index (κ1) is 34.5. The molecule has 3 heteroatoms. The Morgan fingerprint density at radius 1 is 0.658 bits per heavy atom. The van der Waals surface area contributed by atoms with E-state index in [-0.39, 0.29) is 16.8 Å². The molecule has 0 aromatic heterocycles. The van der Waals surface area contributed by atoms with Crippen molar-refractivity contribution in [2.45, 2.75) is 182 Å². The van der Waals surface area contributed by atoms with Gasteiger partial charge in [-0.05, 0) is 35.3 Å². The topological polar surface area (TPSA) is 46.5 Å². The van der Waals surface area contributed by atoms with Crippen molar-refractivity contribution in [2.75, 3.05) is 0 Å². The molecule has 1 rings (SSSR count). The van der Waals surface area contributed by atoms with Crippen molar-refractivity contribution in [2.24, 2.45) is 0 Å². The zero-order valence-corrected chi connectivity index (χ0v) is 26.6. The molecule has 0 bridgehead atoms. The highest BCUT2D eigenvalue weighted by atomic mass is 16.5. The van der Waals surface area contributed by atoms with Gasteiger partial charge in [0.25, 0.3) is 0 Å². The fraction of sp³-hybridized carbons (Fsp3) is 0.800. The van der Waals surface area contributed by atoms with Crippen LogP contribution in [0.1, 0.15) is 181 Å². The van der Waals surface area contributed by atoms with Crippen LogP contribution in [0, 0.1) is 0 Å². The van der Waals surface area contributed by atoms with Crippen LogP contribution in [0.2, 0.25) is 0 Å². The van der Waals surface area contributed by atoms with E-state index in [0.717, 1.165) is 29.5 Å². The molecule has 0 fully saturated rings. The van der Waals surface area contributed by atoms with Gasteiger partial charge in [0.15, 0.2) is 0 Å². The molecule has 0 atom stereocenters. The third-order valence-electron chi connectivity index (χ3n) is 7.65. The molecule has 0 aliphatic carbocycles. The van der Waals surface area contributed by atoms with Gasteiger partial charge < -0.3 is 9.84 Å². The van der Waals surface area contributed by atoms with Crippen molar-refractivity contribution in [3.8, 4) is 11.5 Å². The minimum absolute atomic E-state index is 0.227. The molecule has 0 spiro atoms. The van der Waals surface area contributed by atoms with E-state index in [1.807, 2.05) is 13.0 Å². The van der Waals surface area contributed by atoms with E-state index in [1.54, 1.807) is 0 Å². The quantitative estimate of drug-likeness (QED) is 0.110. The molecular formula is C35H62O3. The van der Waals surface area contributed by atoms with Gasteiger partial charge in [-0.15, -0.1) is 0 Å². The number of esters is 1. The predicted molar refractivity (Wildman–Crippen MR) is 165 cm³/mol. The van der Waals surface area contributed by atoms with Crippen molar-refractivity contribution in [1.82, 2.24) is 0 Å². The largest absolute Gasteiger partial charge is 0.507 e. The summed E-state index contributed by atoms with van der Waals surface area (Å²) in [6.45, 7) is 16.8. The number of ether oxygens (including phenoxy) is 1. The molecule has 0 saturated carbocycles. The highest BCUT2D eigenvalue weighted by molar-refractivity contribution is 5.73. The summed E-state index contributed by atoms with van der Waals surface area (Å²) >= 11 is 0. The van der Waals surface area contributed by atoms with Crippen LogP contribution in [-0.2, 0) is 22.0 Å². The van der Waals surface area contributed by atoms with Gasteiger partial charge in [-0.2, -0.15) is 0 Å². The molecule has 220 valence electrons. The average Bonchev–Trinajstić information content (AvgIpc) is 2.83. The van der Waals surface area contributed by atoms with Crippen LogP contribution in [0.25, 0.3) is 0 Å². The Morgan fingerprint density at radius 2 is 1.05 bits per heavy atom. The maximum atomic E-state index is 12.3. The van der Waals surface area contributed by atoms with Crippen molar-refractivity contribution in [3.05, 3.63) is 22.8 Å². The highest BCUT2D eigenvalue weighted by Crippen LogP contribution is 2.46. The molecule has 1 aromatic rings. The Balaban J connectivity index is 2.50. The van der Waals surface area contributed by atoms with Gasteiger partial charge in [0, 0.05) is 17.5 Å². The summed E-state index contributed by atoms with van der Waals surface area (Å²) in [5.74, 6) is 0.785. The Bertz CT molecular complexity index is 795. The van der Waals surface area contributed by atoms with Gasteiger partial charge in [-0.3, -0.25) is 4.79 Å². The second-order valence-corrected chi connectivity index (χ2v) is 13.5. The van der Waals surface area contributed by atoms with Crippen LogP contribution in [-0.4, -0.2) is 11.1 Å². The summed E-state index contributed by atoms with van der Waals surface area (Å²) in [5.41, 5.74) is 2.26. The SMILES string of the molecule is CCCCCCCCCCCCCCCCCCc1cc(OC(=O)CC)c(C(C)(C)C)c(C(C)(C)C)c1O. The second kappa shape index (κ2) is 18.0. The van der Waals surface area contributed by atoms with E-state index in [9.17, 15) is 9.90 Å². The smallest absolute Gasteiger partial charge is 0.310 e. The first-order chi connectivity index (χ1) is 17.9. The number of phenols is 1. The number of aryl methyl sites for hydroxylation is 1. The summed E-state index contributed by atoms with van der Waals surface area (Å²) in [6.07, 6.45) is 22.7. The lowest BCUT2D eigenvalue weighted by Gasteiger charge is -2.33. The van der Waals surface area contributed by atoms with Gasteiger partial charge in [0.2, 0.25) is 0 Å². The number of unbranched alkanes of at least 4 members (excludes halogenated alkanes) is 15. The molecule has 0 radical (unpaired) electrons. The van der Waals surface area contributed by atoms with Crippen LogP contribution in [0.15, 0.2) is 6.07 Å². The maximum absolute atomic E-state index is 12.3. The summed E-state index contributed by atoms with van der Waals surface area (Å²) in [4.78, 5) is 12.3. The zero-order chi connectivity index (χ0) is 28.6. The van der Waals surface area contributed by atoms with E-state index >= 15 is 0 Å². The number of rotatable bonds is 19. The minimum Gasteiger partial charge on any atom is -0.507 e. The van der Waals surface area contributed by atoms with Crippen molar-refractivity contribution in [1.29, 1.82) is 0 Å². The summed E-state index contributed by atoms with van der Waals surface area (Å²) < 4.78 is 5.84. The van der Waals surface area contributed by atoms with Gasteiger partial charge in [0.1, 0.15) is 11.5 Å². The van der Waals surface area contributed by atoms with E-state index in [4.69, 9.17) is 4.74 Å². The number of carbonyl (C=O) groups is 1. The van der Waals surface area contributed by atoms with E-state index in [2.05, 4.69) is 48.5 Å². The molecule has 0 aliphatic rings. The van der Waals surface area contributed by atoms with Crippen LogP contribution in [0.4, 0.5) is 0 Å². The van der Waals surface area contributed by atoms with E-state index < -0.39 is 0 Å². The van der Waals surface area contributed by atoms with Gasteiger partial charge >= 0.3 is 5.97 Å². The molecule has 38 heavy (non-hydrogen) atoms. The predicted octanol–water partition coefficient (Wildman–Crippen LogP) is 11.1. The summed E-state index contributed by atoms with van der Waals surface area (Å²) in [6, 6.07) is 1.93. The third kappa shape index (κ3) is 13.0. The number of hydrogen-bond acceptors (Lipinski definition) is 3. The molecule has 0 unspecified atom stereocenters. The van der Waals surface area contributed by atoms with Gasteiger partial charge in [-0.1, -0.05) is 152 Å². The number of carbonyl (C=O) groups excluding carboxylic acids is 1. The number of phenolic OH excluding ortho intramolecular Hbond substituents is 1. The fourth-order valence-corrected chi connectivity index (χ4v) is 5.51. The maximum Gasteiger partial charge on any atom is 0.310 e. The Labute approximate surface area is 236 Å². The van der Waals surface area contributed by atoms with Crippen LogP contribution >= 0.6 is 0 Å². The summed E-state index contributed by atoms with van der Waals surface area (Å²) in [5, 5.41) is 11.4. The standard InChI is InChI=1S/C35H62O3/c1-9-11-12-13-14-15-16-17-18-19-20-21-22-23-24-25-26-28-27-29(38-30(36)10-2)31(34(3,4)5)32(33(28)37)35(6,7)8/h27,37H,9-26H2,1-8H3. The molecule has 0 saturated heterocycles. The molecule has 1 aromatic carbocycles. The monoisotopic (exact) mass is 530 g/mol. The lowest BCUT2D eigenvalue weighted by molar-refractivity contribution is -0.134. The van der Waals surface area contributed by atoms with Crippen molar-refractivity contribution < 1.29 is 14.6 Å². The first-order valence-corrected chi connectivity index (χ1v) is 16.0. The van der Waals surface area contributed by atoms with E-state index in [0.29, 0.717) is 17.9 Å². The lowest BCUT2D eigenvalue weighted by atomic mass is 9.73. The lowest BCUT2D eigenvalue weighted by Crippen LogP contribution is -2.25. The number of aromatic hydroxyl groups is 1. The highest BCUT2D eigenvalue weighted by Gasteiger charge is 2.33. The fourth-order valence-electron chi connectivity index (χ4n) is 5.51. The van der Waals surface area contributed by atoms with Crippen molar-refractivity contribution >= 4 is 5.97 Å². The first-order valence-electron chi connectivity index (χ1n) is 16.0. The van der Waals surface area contributed by atoms with Gasteiger partial charge in [0.05, 0.1) is 0 Å². The Hall–Kier alpha value is -1.51. The number of hydrogen-bond donors (Lipinski definition) is 1. The Morgan fingerprint density at radius 3 is 1.42 bits per heavy atom. The molecule has 0 amide bonds. The van der Waals surface area contributed by atoms with Gasteiger partial charge in [-0.25, -0.2) is 0 Å². The normalized spacial score (nSPS) is 12.2. The second-order valence-electron chi connectivity index (χ2n) is 13.5. The molecule has 0 aliphatic heterocycles. The van der Waals surface area contributed by atoms with Crippen LogP contribution < -0.4 is 4.74 Å². The average molecular weight is 531 g/mol. The zero-order valence-electron chi connectivity index (χ0n) is 26.6. The third-order valence-corrected chi connectivity index (χ3v) is 7.65. The molecule has 3 nitrogen and oxygen atoms in total. The van der Waals surface area contributed by atoms with E-state index in [1.165, 1.54) is 96.3 Å². The molecule has 0 heterocycles. The van der Waals surface area contributed by atoms with Crippen LogP contribution in [0.3, 0.4) is 0 Å². The molecular weight excluding hydrogens is 468 g/mol. The molecule has 1 N–H and O–H groups in total. The number of benzene rings is 1. The Kier molecular flexibility index (Phi) is 16.3. The van der Waals surface area contributed by atoms with Crippen molar-refractivity contribution in [3.63, 3.8) is 0 Å². The van der Waals surface area contributed by atoms with Crippen LogP contribution in [0.5, 0.6) is 11.5 Å². The minimum atomic E-state index is -0.259.